The normalized spacial score (nSPS) is 11.2. The minimum atomic E-state index is 0.710. The second-order valence-corrected chi connectivity index (χ2v) is 4.98. The highest BCUT2D eigenvalue weighted by Gasteiger charge is 2.06. The summed E-state index contributed by atoms with van der Waals surface area (Å²) in [5, 5.41) is 2.15. The molecule has 108 valence electrons. The molecule has 0 unspecified atom stereocenters. The lowest BCUT2D eigenvalue weighted by Gasteiger charge is -2.20. The second-order valence-electron chi connectivity index (χ2n) is 4.98. The third-order valence-electron chi connectivity index (χ3n) is 3.57. The lowest BCUT2D eigenvalue weighted by Crippen LogP contribution is -2.29. The van der Waals surface area contributed by atoms with E-state index < -0.39 is 0 Å². The highest BCUT2D eigenvalue weighted by Crippen LogP contribution is 2.29. The highest BCUT2D eigenvalue weighted by molar-refractivity contribution is 5.96. The molecule has 0 amide bonds. The van der Waals surface area contributed by atoms with E-state index in [0.717, 1.165) is 41.8 Å². The first kappa shape index (κ1) is 14.7. The Balaban J connectivity index is 2.05. The van der Waals surface area contributed by atoms with Crippen molar-refractivity contribution in [2.45, 2.75) is 20.3 Å². The summed E-state index contributed by atoms with van der Waals surface area (Å²) in [6.45, 7) is 8.26. The number of anilines is 1. The van der Waals surface area contributed by atoms with Gasteiger partial charge in [-0.2, -0.15) is 0 Å². The van der Waals surface area contributed by atoms with E-state index in [2.05, 4.69) is 24.8 Å². The van der Waals surface area contributed by atoms with Crippen LogP contribution in [0.1, 0.15) is 20.3 Å². The summed E-state index contributed by atoms with van der Waals surface area (Å²) < 4.78 is 5.96. The first-order chi connectivity index (χ1) is 9.76. The zero-order chi connectivity index (χ0) is 14.4. The molecule has 0 aliphatic rings. The van der Waals surface area contributed by atoms with Gasteiger partial charge in [0.25, 0.3) is 0 Å². The van der Waals surface area contributed by atoms with Gasteiger partial charge >= 0.3 is 0 Å². The number of ether oxygens (including phenoxy) is 1. The van der Waals surface area contributed by atoms with Gasteiger partial charge < -0.3 is 15.4 Å². The van der Waals surface area contributed by atoms with Crippen LogP contribution >= 0.6 is 0 Å². The van der Waals surface area contributed by atoms with Crippen molar-refractivity contribution in [2.75, 3.05) is 32.0 Å². The monoisotopic (exact) mass is 272 g/mol. The predicted octanol–water partition coefficient (Wildman–Crippen LogP) is 3.53. The van der Waals surface area contributed by atoms with E-state index in [9.17, 15) is 0 Å². The van der Waals surface area contributed by atoms with Crippen molar-refractivity contribution < 1.29 is 4.74 Å². The summed E-state index contributed by atoms with van der Waals surface area (Å²) >= 11 is 0. The molecule has 20 heavy (non-hydrogen) atoms. The molecule has 0 fully saturated rings. The molecule has 0 aliphatic carbocycles. The molecule has 3 heteroatoms. The van der Waals surface area contributed by atoms with Crippen molar-refractivity contribution in [3.63, 3.8) is 0 Å². The number of nitrogens with zero attached hydrogens (tertiary/aromatic N) is 1. The molecule has 0 saturated heterocycles. The molecule has 0 spiro atoms. The maximum absolute atomic E-state index is 6.00. The quantitative estimate of drug-likeness (QED) is 0.784. The van der Waals surface area contributed by atoms with E-state index in [4.69, 9.17) is 10.5 Å². The molecule has 0 aromatic heterocycles. The van der Waals surface area contributed by atoms with E-state index in [0.29, 0.717) is 6.61 Å². The van der Waals surface area contributed by atoms with E-state index in [1.807, 2.05) is 30.3 Å². The molecular formula is C17H24N2O. The van der Waals surface area contributed by atoms with Gasteiger partial charge in [0.2, 0.25) is 0 Å². The van der Waals surface area contributed by atoms with Crippen molar-refractivity contribution in [1.82, 2.24) is 4.90 Å². The van der Waals surface area contributed by atoms with Crippen LogP contribution in [-0.2, 0) is 0 Å². The summed E-state index contributed by atoms with van der Waals surface area (Å²) in [6, 6.07) is 12.0. The lowest BCUT2D eigenvalue weighted by atomic mass is 10.1. The molecule has 0 aliphatic heterocycles. The van der Waals surface area contributed by atoms with Gasteiger partial charge in [0.1, 0.15) is 12.4 Å². The third-order valence-corrected chi connectivity index (χ3v) is 3.57. The molecular weight excluding hydrogens is 248 g/mol. The van der Waals surface area contributed by atoms with Crippen LogP contribution in [0.3, 0.4) is 0 Å². The number of likely N-dealkylation sites (N-methyl/N-ethyl adjacent to an activating group) is 1. The largest absolute Gasteiger partial charge is 0.492 e. The Hall–Kier alpha value is -1.74. The van der Waals surface area contributed by atoms with E-state index in [1.165, 1.54) is 6.42 Å². The number of nitrogens with two attached hydrogens (primary N) is 1. The lowest BCUT2D eigenvalue weighted by molar-refractivity contribution is 0.217. The van der Waals surface area contributed by atoms with E-state index in [-0.39, 0.29) is 0 Å². The summed E-state index contributed by atoms with van der Waals surface area (Å²) in [6.07, 6.45) is 1.18. The van der Waals surface area contributed by atoms with Crippen molar-refractivity contribution in [2.24, 2.45) is 0 Å². The summed E-state index contributed by atoms with van der Waals surface area (Å²) in [7, 11) is 0. The summed E-state index contributed by atoms with van der Waals surface area (Å²) in [5.41, 5.74) is 6.80. The van der Waals surface area contributed by atoms with Gasteiger partial charge in [-0.25, -0.2) is 0 Å². The SMILES string of the molecule is CCCN(CC)CCOc1ccc(N)c2ccccc12. The Morgan fingerprint density at radius 1 is 1.00 bits per heavy atom. The second kappa shape index (κ2) is 7.15. The van der Waals surface area contributed by atoms with Gasteiger partial charge in [0.05, 0.1) is 0 Å². The van der Waals surface area contributed by atoms with Gasteiger partial charge in [-0.1, -0.05) is 38.1 Å². The fourth-order valence-electron chi connectivity index (χ4n) is 2.45. The van der Waals surface area contributed by atoms with Crippen LogP contribution < -0.4 is 10.5 Å². The van der Waals surface area contributed by atoms with Crippen LogP contribution in [0.4, 0.5) is 5.69 Å². The minimum absolute atomic E-state index is 0.710. The van der Waals surface area contributed by atoms with Gasteiger partial charge in [0.15, 0.2) is 0 Å². The number of fused-ring (bicyclic) bond motifs is 1. The Bertz CT molecular complexity index is 554. The van der Waals surface area contributed by atoms with Crippen LogP contribution in [0.25, 0.3) is 10.8 Å². The van der Waals surface area contributed by atoms with Crippen LogP contribution in [0.5, 0.6) is 5.75 Å². The van der Waals surface area contributed by atoms with Gasteiger partial charge in [0, 0.05) is 23.0 Å². The van der Waals surface area contributed by atoms with Crippen molar-refractivity contribution in [1.29, 1.82) is 0 Å². The fourth-order valence-corrected chi connectivity index (χ4v) is 2.45. The van der Waals surface area contributed by atoms with Gasteiger partial charge in [-0.15, -0.1) is 0 Å². The molecule has 0 saturated carbocycles. The molecule has 3 nitrogen and oxygen atoms in total. The third kappa shape index (κ3) is 3.42. The van der Waals surface area contributed by atoms with Crippen molar-refractivity contribution in [3.05, 3.63) is 36.4 Å². The van der Waals surface area contributed by atoms with Crippen LogP contribution in [0.15, 0.2) is 36.4 Å². The Morgan fingerprint density at radius 3 is 2.45 bits per heavy atom. The summed E-state index contributed by atoms with van der Waals surface area (Å²) in [5.74, 6) is 0.919. The molecule has 2 rings (SSSR count). The number of rotatable bonds is 7. The minimum Gasteiger partial charge on any atom is -0.492 e. The van der Waals surface area contributed by atoms with E-state index in [1.54, 1.807) is 0 Å². The Labute approximate surface area is 121 Å². The smallest absolute Gasteiger partial charge is 0.127 e. The molecule has 0 bridgehead atoms. The molecule has 2 aromatic rings. The molecule has 0 heterocycles. The average molecular weight is 272 g/mol. The maximum atomic E-state index is 6.00. The van der Waals surface area contributed by atoms with Crippen LogP contribution in [0.2, 0.25) is 0 Å². The number of nitrogen functional groups attached to an aromatic ring is 1. The zero-order valence-electron chi connectivity index (χ0n) is 12.4. The Kier molecular flexibility index (Phi) is 5.24. The van der Waals surface area contributed by atoms with Crippen LogP contribution in [0, 0.1) is 0 Å². The maximum Gasteiger partial charge on any atom is 0.127 e. The Morgan fingerprint density at radius 2 is 1.75 bits per heavy atom. The number of hydrogen-bond donors (Lipinski definition) is 1. The van der Waals surface area contributed by atoms with E-state index >= 15 is 0 Å². The van der Waals surface area contributed by atoms with Crippen molar-refractivity contribution >= 4 is 16.5 Å². The van der Waals surface area contributed by atoms with Gasteiger partial charge in [-0.3, -0.25) is 0 Å². The zero-order valence-corrected chi connectivity index (χ0v) is 12.4. The molecule has 0 atom stereocenters. The van der Waals surface area contributed by atoms with Crippen LogP contribution in [-0.4, -0.2) is 31.1 Å². The molecule has 0 radical (unpaired) electrons. The molecule has 2 aromatic carbocycles. The first-order valence-electron chi connectivity index (χ1n) is 7.38. The highest BCUT2D eigenvalue weighted by atomic mass is 16.5. The molecule has 2 N–H and O–H groups in total. The first-order valence-corrected chi connectivity index (χ1v) is 7.38. The standard InChI is InChI=1S/C17H24N2O/c1-3-11-19(4-2)12-13-20-17-10-9-16(18)14-7-5-6-8-15(14)17/h5-10H,3-4,11-13,18H2,1-2H3. The number of benzene rings is 2. The number of hydrogen-bond acceptors (Lipinski definition) is 3. The topological polar surface area (TPSA) is 38.5 Å². The fraction of sp³-hybridized carbons (Fsp3) is 0.412. The van der Waals surface area contributed by atoms with Crippen molar-refractivity contribution in [3.8, 4) is 5.75 Å². The predicted molar refractivity (Wildman–Crippen MR) is 86.3 cm³/mol. The van der Waals surface area contributed by atoms with Gasteiger partial charge in [-0.05, 0) is 31.6 Å². The summed E-state index contributed by atoms with van der Waals surface area (Å²) in [4.78, 5) is 2.40. The average Bonchev–Trinajstić information content (AvgIpc) is 2.49.